The second-order valence-electron chi connectivity index (χ2n) is 7.58. The van der Waals surface area contributed by atoms with Crippen molar-refractivity contribution < 1.29 is 9.47 Å². The second kappa shape index (κ2) is 7.92. The summed E-state index contributed by atoms with van der Waals surface area (Å²) in [5.74, 6) is 1.88. The first-order valence-electron chi connectivity index (χ1n) is 9.15. The number of aromatic nitrogens is 2. The lowest BCUT2D eigenvalue weighted by atomic mass is 9.87. The fourth-order valence-corrected chi connectivity index (χ4v) is 3.08. The largest absolute Gasteiger partial charge is 0.494 e. The van der Waals surface area contributed by atoms with Crippen LogP contribution in [0.4, 0.5) is 0 Å². The quantitative estimate of drug-likeness (QED) is 0.565. The van der Waals surface area contributed by atoms with Crippen molar-refractivity contribution in [2.75, 3.05) is 13.7 Å². The van der Waals surface area contributed by atoms with E-state index in [4.69, 9.17) is 9.47 Å². The Kier molecular flexibility index (Phi) is 5.62. The molecule has 0 spiro atoms. The van der Waals surface area contributed by atoms with Crippen molar-refractivity contribution in [1.82, 2.24) is 9.55 Å². The minimum Gasteiger partial charge on any atom is -0.494 e. The molecule has 3 rings (SSSR count). The molecule has 4 nitrogen and oxygen atoms in total. The Morgan fingerprint density at radius 3 is 2.42 bits per heavy atom. The average molecular weight is 352 g/mol. The summed E-state index contributed by atoms with van der Waals surface area (Å²) in [6.45, 7) is 8.71. The van der Waals surface area contributed by atoms with Crippen LogP contribution in [0.15, 0.2) is 48.5 Å². The molecule has 0 aliphatic rings. The Bertz CT molecular complexity index is 845. The molecular formula is C22H28N2O2. The monoisotopic (exact) mass is 352 g/mol. The highest BCUT2D eigenvalue weighted by molar-refractivity contribution is 5.75. The average Bonchev–Trinajstić information content (AvgIpc) is 2.96. The van der Waals surface area contributed by atoms with Crippen molar-refractivity contribution in [2.24, 2.45) is 0 Å². The molecule has 4 heteroatoms. The normalized spacial score (nSPS) is 11.8. The molecule has 0 bridgehead atoms. The van der Waals surface area contributed by atoms with Crippen molar-refractivity contribution in [2.45, 2.75) is 45.8 Å². The number of hydrogen-bond acceptors (Lipinski definition) is 3. The number of methoxy groups -OCH3 is 1. The highest BCUT2D eigenvalue weighted by Gasteiger charge is 2.13. The minimum absolute atomic E-state index is 0.165. The fraction of sp³-hybridized carbons (Fsp3) is 0.409. The third-order valence-corrected chi connectivity index (χ3v) is 4.52. The van der Waals surface area contributed by atoms with Crippen LogP contribution in [0.2, 0.25) is 0 Å². The molecule has 0 aliphatic heterocycles. The molecule has 0 fully saturated rings. The van der Waals surface area contributed by atoms with Gasteiger partial charge in [-0.15, -0.1) is 0 Å². The van der Waals surface area contributed by atoms with Gasteiger partial charge in [0, 0.05) is 13.7 Å². The Morgan fingerprint density at radius 1 is 1.00 bits per heavy atom. The van der Waals surface area contributed by atoms with Gasteiger partial charge in [0.25, 0.3) is 0 Å². The maximum Gasteiger partial charge on any atom is 0.135 e. The van der Waals surface area contributed by atoms with E-state index in [0.717, 1.165) is 35.6 Å². The molecule has 0 aliphatic carbocycles. The van der Waals surface area contributed by atoms with Crippen molar-refractivity contribution in [3.8, 4) is 5.75 Å². The zero-order valence-corrected chi connectivity index (χ0v) is 16.2. The zero-order chi connectivity index (χ0) is 18.6. The molecule has 0 atom stereocenters. The summed E-state index contributed by atoms with van der Waals surface area (Å²) >= 11 is 0. The van der Waals surface area contributed by atoms with E-state index in [1.54, 1.807) is 7.11 Å². The minimum atomic E-state index is 0.165. The summed E-state index contributed by atoms with van der Waals surface area (Å²) in [5, 5.41) is 0. The molecule has 0 unspecified atom stereocenters. The lowest BCUT2D eigenvalue weighted by Crippen LogP contribution is -2.11. The molecule has 3 aromatic rings. The van der Waals surface area contributed by atoms with Gasteiger partial charge in [0.15, 0.2) is 0 Å². The van der Waals surface area contributed by atoms with E-state index < -0.39 is 0 Å². The van der Waals surface area contributed by atoms with Gasteiger partial charge < -0.3 is 14.0 Å². The SMILES string of the molecule is COCc1nc2ccccc2n1CCCOc1ccc(C(C)(C)C)cc1. The highest BCUT2D eigenvalue weighted by atomic mass is 16.5. The maximum absolute atomic E-state index is 5.92. The van der Waals surface area contributed by atoms with Crippen LogP contribution in [0.5, 0.6) is 5.75 Å². The van der Waals surface area contributed by atoms with Gasteiger partial charge in [-0.3, -0.25) is 0 Å². The van der Waals surface area contributed by atoms with Crippen LogP contribution in [0.25, 0.3) is 11.0 Å². The van der Waals surface area contributed by atoms with Crippen LogP contribution in [0.1, 0.15) is 38.6 Å². The fourth-order valence-electron chi connectivity index (χ4n) is 3.08. The van der Waals surface area contributed by atoms with Crippen LogP contribution < -0.4 is 4.74 Å². The van der Waals surface area contributed by atoms with Gasteiger partial charge in [-0.2, -0.15) is 0 Å². The predicted molar refractivity (Wildman–Crippen MR) is 106 cm³/mol. The predicted octanol–water partition coefficient (Wildman–Crippen LogP) is 4.95. The Labute approximate surface area is 155 Å². The van der Waals surface area contributed by atoms with Gasteiger partial charge in [-0.25, -0.2) is 4.98 Å². The molecule has 0 N–H and O–H groups in total. The topological polar surface area (TPSA) is 36.3 Å². The van der Waals surface area contributed by atoms with Gasteiger partial charge in [-0.1, -0.05) is 45.0 Å². The number of fused-ring (bicyclic) bond motifs is 1. The molecule has 0 saturated carbocycles. The van der Waals surface area contributed by atoms with E-state index in [1.807, 2.05) is 18.2 Å². The summed E-state index contributed by atoms with van der Waals surface area (Å²) in [6.07, 6.45) is 0.915. The number of benzene rings is 2. The molecule has 2 aromatic carbocycles. The lowest BCUT2D eigenvalue weighted by molar-refractivity contribution is 0.174. The first-order valence-corrected chi connectivity index (χ1v) is 9.15. The summed E-state index contributed by atoms with van der Waals surface area (Å²) in [4.78, 5) is 4.67. The summed E-state index contributed by atoms with van der Waals surface area (Å²) < 4.78 is 13.4. The molecular weight excluding hydrogens is 324 g/mol. The smallest absolute Gasteiger partial charge is 0.135 e. The van der Waals surface area contributed by atoms with Crippen molar-refractivity contribution in [1.29, 1.82) is 0 Å². The van der Waals surface area contributed by atoms with E-state index in [0.29, 0.717) is 13.2 Å². The number of para-hydroxylation sites is 2. The van der Waals surface area contributed by atoms with Gasteiger partial charge in [0.2, 0.25) is 0 Å². The lowest BCUT2D eigenvalue weighted by Gasteiger charge is -2.19. The molecule has 0 amide bonds. The van der Waals surface area contributed by atoms with Crippen LogP contribution >= 0.6 is 0 Å². The van der Waals surface area contributed by atoms with Crippen LogP contribution in [0.3, 0.4) is 0 Å². The molecule has 1 aromatic heterocycles. The van der Waals surface area contributed by atoms with E-state index in [-0.39, 0.29) is 5.41 Å². The summed E-state index contributed by atoms with van der Waals surface area (Å²) in [6, 6.07) is 16.6. The highest BCUT2D eigenvalue weighted by Crippen LogP contribution is 2.24. The number of aryl methyl sites for hydroxylation is 1. The van der Waals surface area contributed by atoms with Gasteiger partial charge in [0.05, 0.1) is 17.6 Å². The van der Waals surface area contributed by atoms with Crippen molar-refractivity contribution >= 4 is 11.0 Å². The zero-order valence-electron chi connectivity index (χ0n) is 16.2. The van der Waals surface area contributed by atoms with E-state index in [1.165, 1.54) is 5.56 Å². The maximum atomic E-state index is 5.92. The molecule has 138 valence electrons. The third-order valence-electron chi connectivity index (χ3n) is 4.52. The molecule has 1 heterocycles. The number of imidazole rings is 1. The van der Waals surface area contributed by atoms with Crippen molar-refractivity contribution in [3.63, 3.8) is 0 Å². The first-order chi connectivity index (χ1) is 12.5. The number of nitrogens with zero attached hydrogens (tertiary/aromatic N) is 2. The number of hydrogen-bond donors (Lipinski definition) is 0. The molecule has 0 saturated heterocycles. The van der Waals surface area contributed by atoms with Crippen molar-refractivity contribution in [3.05, 3.63) is 59.9 Å². The van der Waals surface area contributed by atoms with Crippen LogP contribution in [-0.2, 0) is 23.3 Å². The second-order valence-corrected chi connectivity index (χ2v) is 7.58. The summed E-state index contributed by atoms with van der Waals surface area (Å²) in [5.41, 5.74) is 3.64. The first kappa shape index (κ1) is 18.5. The summed E-state index contributed by atoms with van der Waals surface area (Å²) in [7, 11) is 1.70. The van der Waals surface area contributed by atoms with E-state index >= 15 is 0 Å². The van der Waals surface area contributed by atoms with E-state index in [9.17, 15) is 0 Å². The van der Waals surface area contributed by atoms with Gasteiger partial charge >= 0.3 is 0 Å². The molecule has 0 radical (unpaired) electrons. The van der Waals surface area contributed by atoms with Gasteiger partial charge in [0.1, 0.15) is 18.2 Å². The Morgan fingerprint density at radius 2 is 1.73 bits per heavy atom. The van der Waals surface area contributed by atoms with Gasteiger partial charge in [-0.05, 0) is 41.7 Å². The Balaban J connectivity index is 1.60. The standard InChI is InChI=1S/C22H28N2O2/c1-22(2,3)17-10-12-18(13-11-17)26-15-7-14-24-20-9-6-5-8-19(20)23-21(24)16-25-4/h5-6,8-13H,7,14-16H2,1-4H3. The number of ether oxygens (including phenoxy) is 2. The Hall–Kier alpha value is -2.33. The number of rotatable bonds is 7. The van der Waals surface area contributed by atoms with Crippen LogP contribution in [0, 0.1) is 0 Å². The third kappa shape index (κ3) is 4.25. The molecule has 26 heavy (non-hydrogen) atoms. The van der Waals surface area contributed by atoms with E-state index in [2.05, 4.69) is 60.7 Å². The van der Waals surface area contributed by atoms with Crippen LogP contribution in [-0.4, -0.2) is 23.3 Å².